The van der Waals surface area contributed by atoms with Gasteiger partial charge < -0.3 is 19.9 Å². The highest BCUT2D eigenvalue weighted by molar-refractivity contribution is 6.39. The zero-order valence-corrected chi connectivity index (χ0v) is 11.4. The fraction of sp³-hybridized carbons (Fsp3) is 0.400. The van der Waals surface area contributed by atoms with E-state index in [1.807, 2.05) is 0 Å². The van der Waals surface area contributed by atoms with Gasteiger partial charge >= 0.3 is 5.97 Å². The molecule has 1 rings (SSSR count). The molecule has 0 atom stereocenters. The van der Waals surface area contributed by atoms with E-state index in [-0.39, 0.29) is 29.8 Å². The summed E-state index contributed by atoms with van der Waals surface area (Å²) in [5.41, 5.74) is 5.22. The topological polar surface area (TPSA) is 83.7 Å². The number of anilines is 1. The van der Waals surface area contributed by atoms with Gasteiger partial charge in [0.2, 0.25) is 11.8 Å². The van der Waals surface area contributed by atoms with E-state index in [1.165, 1.54) is 7.11 Å². The lowest BCUT2D eigenvalue weighted by molar-refractivity contribution is -0.147. The number of ether oxygens (including phenoxy) is 3. The number of hydrogen-bond acceptors (Lipinski definition) is 6. The third-order valence-corrected chi connectivity index (χ3v) is 2.64. The quantitative estimate of drug-likeness (QED) is 0.489. The van der Waals surface area contributed by atoms with Crippen LogP contribution in [0, 0.1) is 5.95 Å². The highest BCUT2D eigenvalue weighted by Crippen LogP contribution is 2.35. The zero-order chi connectivity index (χ0) is 14.4. The maximum absolute atomic E-state index is 13.2. The lowest BCUT2D eigenvalue weighted by Gasteiger charge is -2.09. The minimum absolute atomic E-state index is 0.0803. The number of carbonyl (C=O) groups excluding carboxylic acids is 1. The summed E-state index contributed by atoms with van der Waals surface area (Å²) < 4.78 is 27.5. The molecule has 106 valence electrons. The fourth-order valence-corrected chi connectivity index (χ4v) is 1.39. The monoisotopic (exact) mass is 312 g/mol. The van der Waals surface area contributed by atoms with Crippen molar-refractivity contribution in [2.24, 2.45) is 0 Å². The van der Waals surface area contributed by atoms with E-state index in [0.717, 1.165) is 0 Å². The number of carbonyl (C=O) groups is 1. The summed E-state index contributed by atoms with van der Waals surface area (Å²) >= 11 is 11.2. The normalized spacial score (nSPS) is 10.3. The van der Waals surface area contributed by atoms with E-state index in [2.05, 4.69) is 9.72 Å². The molecule has 1 heterocycles. The van der Waals surface area contributed by atoms with Crippen LogP contribution in [0.15, 0.2) is 0 Å². The number of hydrogen-bond donors (Lipinski definition) is 1. The van der Waals surface area contributed by atoms with Crippen LogP contribution in [0.1, 0.15) is 0 Å². The van der Waals surface area contributed by atoms with Gasteiger partial charge in [0.05, 0.1) is 12.3 Å². The van der Waals surface area contributed by atoms with Crippen LogP contribution in [0.5, 0.6) is 5.88 Å². The van der Waals surface area contributed by atoms with Gasteiger partial charge in [0.15, 0.2) is 6.61 Å². The van der Waals surface area contributed by atoms with Crippen molar-refractivity contribution in [3.8, 4) is 5.88 Å². The molecule has 0 unspecified atom stereocenters. The van der Waals surface area contributed by atoms with Crippen molar-refractivity contribution in [3.63, 3.8) is 0 Å². The average molecular weight is 313 g/mol. The number of halogens is 3. The molecule has 0 fully saturated rings. The first-order valence-corrected chi connectivity index (χ1v) is 5.80. The van der Waals surface area contributed by atoms with Gasteiger partial charge in [0.25, 0.3) is 0 Å². The van der Waals surface area contributed by atoms with Crippen LogP contribution in [0.3, 0.4) is 0 Å². The van der Waals surface area contributed by atoms with Crippen molar-refractivity contribution in [2.45, 2.75) is 0 Å². The Hall–Kier alpha value is -1.31. The fourth-order valence-electron chi connectivity index (χ4n) is 1.01. The SMILES string of the molecule is COCCOC(=O)COc1nc(F)c(Cl)c(N)c1Cl. The Morgan fingerprint density at radius 1 is 1.37 bits per heavy atom. The highest BCUT2D eigenvalue weighted by Gasteiger charge is 2.17. The van der Waals surface area contributed by atoms with E-state index in [9.17, 15) is 9.18 Å². The number of rotatable bonds is 6. The third kappa shape index (κ3) is 4.38. The van der Waals surface area contributed by atoms with E-state index in [4.69, 9.17) is 38.4 Å². The Labute approximate surface area is 118 Å². The second-order valence-electron chi connectivity index (χ2n) is 3.25. The molecule has 6 nitrogen and oxygen atoms in total. The second kappa shape index (κ2) is 7.32. The Bertz CT molecular complexity index is 473. The average Bonchev–Trinajstić information content (AvgIpc) is 2.39. The summed E-state index contributed by atoms with van der Waals surface area (Å²) in [6.45, 7) is -0.152. The molecule has 2 N–H and O–H groups in total. The second-order valence-corrected chi connectivity index (χ2v) is 4.01. The summed E-state index contributed by atoms with van der Waals surface area (Å²) in [6, 6.07) is 0. The first-order valence-electron chi connectivity index (χ1n) is 5.04. The van der Waals surface area contributed by atoms with Crippen molar-refractivity contribution < 1.29 is 23.4 Å². The maximum atomic E-state index is 13.2. The number of esters is 1. The van der Waals surface area contributed by atoms with E-state index >= 15 is 0 Å². The number of pyridine rings is 1. The molecule has 0 spiro atoms. The van der Waals surface area contributed by atoms with Crippen molar-refractivity contribution >= 4 is 34.9 Å². The van der Waals surface area contributed by atoms with Crippen molar-refractivity contribution in [2.75, 3.05) is 32.7 Å². The Balaban J connectivity index is 2.61. The van der Waals surface area contributed by atoms with Gasteiger partial charge in [-0.25, -0.2) is 4.79 Å². The molecule has 1 aromatic heterocycles. The van der Waals surface area contributed by atoms with Gasteiger partial charge in [0.1, 0.15) is 16.7 Å². The Morgan fingerprint density at radius 3 is 2.68 bits per heavy atom. The van der Waals surface area contributed by atoms with Gasteiger partial charge in [-0.2, -0.15) is 9.37 Å². The summed E-state index contributed by atoms with van der Waals surface area (Å²) in [5, 5.41) is -0.573. The van der Waals surface area contributed by atoms with Gasteiger partial charge in [-0.3, -0.25) is 0 Å². The molecule has 0 aliphatic heterocycles. The predicted octanol–water partition coefficient (Wildman–Crippen LogP) is 1.68. The van der Waals surface area contributed by atoms with Gasteiger partial charge in [-0.05, 0) is 0 Å². The molecule has 0 saturated carbocycles. The number of nitrogen functional groups attached to an aromatic ring is 1. The molecule has 9 heteroatoms. The molecular formula is C10H11Cl2FN2O4. The van der Waals surface area contributed by atoms with Crippen LogP contribution in [0.4, 0.5) is 10.1 Å². The Kier molecular flexibility index (Phi) is 6.07. The molecule has 0 aromatic carbocycles. The standard InChI is InChI=1S/C10H11Cl2FN2O4/c1-17-2-3-18-5(16)4-19-10-7(12)8(14)6(11)9(13)15-10/h2-4H2,1H3,(H2,14,15). The third-order valence-electron chi connectivity index (χ3n) is 1.92. The molecule has 0 saturated heterocycles. The number of nitrogens with two attached hydrogens (primary N) is 1. The van der Waals surface area contributed by atoms with Crippen molar-refractivity contribution in [1.82, 2.24) is 4.98 Å². The van der Waals surface area contributed by atoms with E-state index < -0.39 is 23.5 Å². The minimum atomic E-state index is -1.04. The molecule has 19 heavy (non-hydrogen) atoms. The molecule has 0 radical (unpaired) electrons. The minimum Gasteiger partial charge on any atom is -0.464 e. The van der Waals surface area contributed by atoms with E-state index in [0.29, 0.717) is 0 Å². The zero-order valence-electron chi connectivity index (χ0n) is 9.91. The van der Waals surface area contributed by atoms with Gasteiger partial charge in [-0.1, -0.05) is 23.2 Å². The Morgan fingerprint density at radius 2 is 2.05 bits per heavy atom. The molecule has 0 bridgehead atoms. The summed E-state index contributed by atoms with van der Waals surface area (Å²) in [6.07, 6.45) is 0. The molecule has 1 aromatic rings. The lowest BCUT2D eigenvalue weighted by Crippen LogP contribution is -2.18. The van der Waals surface area contributed by atoms with Gasteiger partial charge in [-0.15, -0.1) is 0 Å². The van der Waals surface area contributed by atoms with E-state index in [1.54, 1.807) is 0 Å². The van der Waals surface area contributed by atoms with Crippen LogP contribution >= 0.6 is 23.2 Å². The summed E-state index contributed by atoms with van der Waals surface area (Å²) in [7, 11) is 1.47. The smallest absolute Gasteiger partial charge is 0.344 e. The number of aromatic nitrogens is 1. The molecule has 0 amide bonds. The molecular weight excluding hydrogens is 302 g/mol. The molecule has 0 aliphatic rings. The van der Waals surface area contributed by atoms with Crippen LogP contribution in [-0.4, -0.2) is 37.9 Å². The van der Waals surface area contributed by atoms with Crippen LogP contribution in [0.2, 0.25) is 10.0 Å². The van der Waals surface area contributed by atoms with Crippen LogP contribution < -0.4 is 10.5 Å². The summed E-state index contributed by atoms with van der Waals surface area (Å²) in [4.78, 5) is 14.6. The first-order chi connectivity index (χ1) is 8.97. The first kappa shape index (κ1) is 15.7. The predicted molar refractivity (Wildman–Crippen MR) is 67.0 cm³/mol. The largest absolute Gasteiger partial charge is 0.464 e. The van der Waals surface area contributed by atoms with Crippen molar-refractivity contribution in [1.29, 1.82) is 0 Å². The van der Waals surface area contributed by atoms with Crippen LogP contribution in [0.25, 0.3) is 0 Å². The number of nitrogens with zero attached hydrogens (tertiary/aromatic N) is 1. The molecule has 0 aliphatic carbocycles. The van der Waals surface area contributed by atoms with Crippen molar-refractivity contribution in [3.05, 3.63) is 16.0 Å². The number of methoxy groups -OCH3 is 1. The lowest BCUT2D eigenvalue weighted by atomic mass is 10.4. The highest BCUT2D eigenvalue weighted by atomic mass is 35.5. The summed E-state index contributed by atoms with van der Waals surface area (Å²) in [5.74, 6) is -2.04. The van der Waals surface area contributed by atoms with Gasteiger partial charge in [0, 0.05) is 7.11 Å². The van der Waals surface area contributed by atoms with Crippen LogP contribution in [-0.2, 0) is 14.3 Å². The maximum Gasteiger partial charge on any atom is 0.344 e.